The van der Waals surface area contributed by atoms with E-state index in [-0.39, 0.29) is 0 Å². The molecule has 1 aromatic carbocycles. The Labute approximate surface area is 102 Å². The molecule has 0 amide bonds. The molecule has 5 heteroatoms. The van der Waals surface area contributed by atoms with Gasteiger partial charge < -0.3 is 9.73 Å². The third-order valence-corrected chi connectivity index (χ3v) is 2.69. The molecule has 4 nitrogen and oxygen atoms in total. The number of anilines is 1. The molecule has 1 heterocycles. The van der Waals surface area contributed by atoms with Crippen molar-refractivity contribution in [2.75, 3.05) is 5.32 Å². The minimum Gasteiger partial charge on any atom is -0.424 e. The van der Waals surface area contributed by atoms with Gasteiger partial charge in [-0.3, -0.25) is 0 Å². The van der Waals surface area contributed by atoms with Gasteiger partial charge in [0.15, 0.2) is 0 Å². The zero-order valence-corrected chi connectivity index (χ0v) is 10.7. The number of halogens is 1. The molecule has 0 saturated heterocycles. The summed E-state index contributed by atoms with van der Waals surface area (Å²) in [6.45, 7) is 4.37. The van der Waals surface area contributed by atoms with E-state index >= 15 is 0 Å². The Morgan fingerprint density at radius 2 is 2.12 bits per heavy atom. The summed E-state index contributed by atoms with van der Waals surface area (Å²) in [6, 6.07) is 6.08. The fourth-order valence-electron chi connectivity index (χ4n) is 1.36. The van der Waals surface area contributed by atoms with Crippen LogP contribution >= 0.6 is 15.9 Å². The summed E-state index contributed by atoms with van der Waals surface area (Å²) in [5.74, 6) is 1.18. The highest BCUT2D eigenvalue weighted by atomic mass is 79.9. The van der Waals surface area contributed by atoms with Gasteiger partial charge >= 0.3 is 0 Å². The number of aryl methyl sites for hydroxylation is 2. The highest BCUT2D eigenvalue weighted by molar-refractivity contribution is 9.10. The van der Waals surface area contributed by atoms with E-state index in [4.69, 9.17) is 4.42 Å². The van der Waals surface area contributed by atoms with Gasteiger partial charge in [0.25, 0.3) is 0 Å². The van der Waals surface area contributed by atoms with Crippen molar-refractivity contribution in [2.45, 2.75) is 20.4 Å². The van der Waals surface area contributed by atoms with E-state index in [1.165, 1.54) is 5.56 Å². The first-order chi connectivity index (χ1) is 7.65. The molecule has 1 N–H and O–H groups in total. The predicted molar refractivity (Wildman–Crippen MR) is 65.2 cm³/mol. The third-order valence-electron chi connectivity index (χ3n) is 2.20. The van der Waals surface area contributed by atoms with E-state index in [2.05, 4.69) is 31.4 Å². The lowest BCUT2D eigenvalue weighted by atomic mass is 10.2. The second kappa shape index (κ2) is 4.65. The maximum Gasteiger partial charge on any atom is 0.235 e. The van der Waals surface area contributed by atoms with E-state index in [9.17, 15) is 0 Å². The molecule has 0 aliphatic carbocycles. The Kier molecular flexibility index (Phi) is 3.24. The number of hydrogen-bond donors (Lipinski definition) is 1. The van der Waals surface area contributed by atoms with Gasteiger partial charge in [-0.15, -0.1) is 10.2 Å². The van der Waals surface area contributed by atoms with Crippen molar-refractivity contribution in [3.63, 3.8) is 0 Å². The van der Waals surface area contributed by atoms with Crippen LogP contribution in [0.5, 0.6) is 0 Å². The van der Waals surface area contributed by atoms with Crippen molar-refractivity contribution in [3.8, 4) is 0 Å². The lowest BCUT2D eigenvalue weighted by Crippen LogP contribution is -2.01. The molecule has 2 rings (SSSR count). The topological polar surface area (TPSA) is 51.0 Å². The molecule has 0 atom stereocenters. The normalized spacial score (nSPS) is 10.4. The smallest absolute Gasteiger partial charge is 0.235 e. The summed E-state index contributed by atoms with van der Waals surface area (Å²) in [4.78, 5) is 0. The highest BCUT2D eigenvalue weighted by Gasteiger charge is 2.03. The molecule has 0 aliphatic rings. The van der Waals surface area contributed by atoms with Crippen LogP contribution < -0.4 is 5.32 Å². The summed E-state index contributed by atoms with van der Waals surface area (Å²) in [5, 5.41) is 11.0. The maximum absolute atomic E-state index is 5.28. The van der Waals surface area contributed by atoms with E-state index in [0.29, 0.717) is 18.3 Å². The standard InChI is InChI=1S/C11H12BrN3O/c1-7-3-4-9(12)5-10(7)13-6-11-15-14-8(2)16-11/h3-5,13H,6H2,1-2H3. The predicted octanol–water partition coefficient (Wildman–Crippen LogP) is 3.06. The molecule has 0 fully saturated rings. The maximum atomic E-state index is 5.28. The lowest BCUT2D eigenvalue weighted by molar-refractivity contribution is 0.475. The monoisotopic (exact) mass is 281 g/mol. The Morgan fingerprint density at radius 1 is 1.31 bits per heavy atom. The van der Waals surface area contributed by atoms with E-state index in [0.717, 1.165) is 10.2 Å². The molecule has 84 valence electrons. The lowest BCUT2D eigenvalue weighted by Gasteiger charge is -2.07. The number of nitrogens with zero attached hydrogens (tertiary/aromatic N) is 2. The average molecular weight is 282 g/mol. The van der Waals surface area contributed by atoms with Gasteiger partial charge in [0.2, 0.25) is 11.8 Å². The van der Waals surface area contributed by atoms with E-state index < -0.39 is 0 Å². The molecule has 0 aliphatic heterocycles. The molecule has 1 aromatic heterocycles. The van der Waals surface area contributed by atoms with Gasteiger partial charge in [0, 0.05) is 17.1 Å². The van der Waals surface area contributed by atoms with Crippen molar-refractivity contribution in [1.29, 1.82) is 0 Å². The largest absolute Gasteiger partial charge is 0.424 e. The Bertz CT molecular complexity index is 496. The Balaban J connectivity index is 2.07. The fourth-order valence-corrected chi connectivity index (χ4v) is 1.73. The van der Waals surface area contributed by atoms with Gasteiger partial charge in [-0.1, -0.05) is 22.0 Å². The zero-order chi connectivity index (χ0) is 11.5. The van der Waals surface area contributed by atoms with Crippen molar-refractivity contribution < 1.29 is 4.42 Å². The van der Waals surface area contributed by atoms with Crippen LogP contribution in [0.3, 0.4) is 0 Å². The van der Waals surface area contributed by atoms with Crippen molar-refractivity contribution >= 4 is 21.6 Å². The number of aromatic nitrogens is 2. The van der Waals surface area contributed by atoms with Crippen LogP contribution in [0.4, 0.5) is 5.69 Å². The summed E-state index contributed by atoms with van der Waals surface area (Å²) in [5.41, 5.74) is 2.24. The number of hydrogen-bond acceptors (Lipinski definition) is 4. The second-order valence-corrected chi connectivity index (χ2v) is 4.44. The SMILES string of the molecule is Cc1nnc(CNc2cc(Br)ccc2C)o1. The highest BCUT2D eigenvalue weighted by Crippen LogP contribution is 2.21. The minimum atomic E-state index is 0.540. The van der Waals surface area contributed by atoms with Crippen molar-refractivity contribution in [3.05, 3.63) is 40.0 Å². The minimum absolute atomic E-state index is 0.540. The quantitative estimate of drug-likeness (QED) is 0.940. The first kappa shape index (κ1) is 11.1. The molecule has 0 unspecified atom stereocenters. The third kappa shape index (κ3) is 2.61. The van der Waals surface area contributed by atoms with E-state index in [1.54, 1.807) is 6.92 Å². The number of benzene rings is 1. The summed E-state index contributed by atoms with van der Waals surface area (Å²) in [7, 11) is 0. The van der Waals surface area contributed by atoms with Crippen molar-refractivity contribution in [2.24, 2.45) is 0 Å². The Morgan fingerprint density at radius 3 is 2.81 bits per heavy atom. The Hall–Kier alpha value is -1.36. The van der Waals surface area contributed by atoms with Crippen LogP contribution in [0.25, 0.3) is 0 Å². The van der Waals surface area contributed by atoms with Crippen LogP contribution in [0.15, 0.2) is 27.1 Å². The molecule has 2 aromatic rings. The molecule has 0 radical (unpaired) electrons. The molecule has 0 bridgehead atoms. The first-order valence-corrected chi connectivity index (χ1v) is 5.73. The van der Waals surface area contributed by atoms with Gasteiger partial charge in [0.1, 0.15) is 0 Å². The molecular weight excluding hydrogens is 270 g/mol. The second-order valence-electron chi connectivity index (χ2n) is 3.53. The molecule has 16 heavy (non-hydrogen) atoms. The van der Waals surface area contributed by atoms with Crippen LogP contribution in [0.2, 0.25) is 0 Å². The summed E-state index contributed by atoms with van der Waals surface area (Å²) < 4.78 is 6.32. The van der Waals surface area contributed by atoms with Crippen molar-refractivity contribution in [1.82, 2.24) is 10.2 Å². The molecular formula is C11H12BrN3O. The van der Waals surface area contributed by atoms with Gasteiger partial charge in [-0.05, 0) is 24.6 Å². The number of nitrogens with one attached hydrogen (secondary N) is 1. The average Bonchev–Trinajstić information content (AvgIpc) is 2.66. The van der Waals surface area contributed by atoms with Crippen LogP contribution in [0, 0.1) is 13.8 Å². The molecule has 0 spiro atoms. The molecule has 0 saturated carbocycles. The first-order valence-electron chi connectivity index (χ1n) is 4.94. The van der Waals surface area contributed by atoms with Gasteiger partial charge in [0.05, 0.1) is 6.54 Å². The van der Waals surface area contributed by atoms with Crippen LogP contribution in [-0.2, 0) is 6.54 Å². The number of rotatable bonds is 3. The summed E-state index contributed by atoms with van der Waals surface area (Å²) >= 11 is 3.44. The van der Waals surface area contributed by atoms with Gasteiger partial charge in [-0.25, -0.2) is 0 Å². The van der Waals surface area contributed by atoms with Gasteiger partial charge in [-0.2, -0.15) is 0 Å². The zero-order valence-electron chi connectivity index (χ0n) is 9.12. The summed E-state index contributed by atoms with van der Waals surface area (Å²) in [6.07, 6.45) is 0. The van der Waals surface area contributed by atoms with Crippen LogP contribution in [0.1, 0.15) is 17.3 Å². The fraction of sp³-hybridized carbons (Fsp3) is 0.273. The van der Waals surface area contributed by atoms with E-state index in [1.807, 2.05) is 25.1 Å². The van der Waals surface area contributed by atoms with Crippen LogP contribution in [-0.4, -0.2) is 10.2 Å².